The number of sulfonamides is 1. The van der Waals surface area contributed by atoms with Crippen LogP contribution < -0.4 is 14.5 Å². The molecule has 0 bridgehead atoms. The molecule has 1 fully saturated rings. The van der Waals surface area contributed by atoms with Gasteiger partial charge >= 0.3 is 0 Å². The fourth-order valence-corrected chi connectivity index (χ4v) is 4.83. The summed E-state index contributed by atoms with van der Waals surface area (Å²) in [5, 5.41) is 3.33. The van der Waals surface area contributed by atoms with E-state index in [1.54, 1.807) is 31.2 Å². The lowest BCUT2D eigenvalue weighted by atomic mass is 10.2. The summed E-state index contributed by atoms with van der Waals surface area (Å²) in [6.45, 7) is 4.07. The molecule has 1 saturated heterocycles. The van der Waals surface area contributed by atoms with Crippen LogP contribution in [0.25, 0.3) is 0 Å². The van der Waals surface area contributed by atoms with E-state index in [2.05, 4.69) is 22.3 Å². The first kappa shape index (κ1) is 21.5. The Hall–Kier alpha value is -2.25. The summed E-state index contributed by atoms with van der Waals surface area (Å²) in [6, 6.07) is 13.6. The van der Waals surface area contributed by atoms with Crippen LogP contribution >= 0.6 is 11.6 Å². The molecule has 1 N–H and O–H groups in total. The maximum Gasteiger partial charge on any atom is 0.243 e. The van der Waals surface area contributed by atoms with E-state index in [9.17, 15) is 13.2 Å². The normalized spacial score (nSPS) is 15.2. The molecule has 8 heteroatoms. The Morgan fingerprint density at radius 2 is 1.69 bits per heavy atom. The van der Waals surface area contributed by atoms with Crippen molar-refractivity contribution in [1.82, 2.24) is 5.32 Å². The molecule has 0 unspecified atom stereocenters. The fraction of sp³-hybridized carbons (Fsp3) is 0.381. The largest absolute Gasteiger partial charge is 0.372 e. The molecule has 1 aliphatic heterocycles. The molecule has 0 spiro atoms. The second kappa shape index (κ2) is 9.05. The van der Waals surface area contributed by atoms with Crippen molar-refractivity contribution in [2.45, 2.75) is 32.4 Å². The molecule has 1 atom stereocenters. The van der Waals surface area contributed by atoms with Crippen molar-refractivity contribution in [2.75, 3.05) is 28.6 Å². The predicted octanol–water partition coefficient (Wildman–Crippen LogP) is 3.41. The highest BCUT2D eigenvalue weighted by molar-refractivity contribution is 7.92. The zero-order valence-corrected chi connectivity index (χ0v) is 18.2. The first-order valence-corrected chi connectivity index (χ1v) is 11.8. The topological polar surface area (TPSA) is 69.7 Å². The minimum absolute atomic E-state index is 0.335. The highest BCUT2D eigenvalue weighted by Crippen LogP contribution is 2.23. The predicted molar refractivity (Wildman–Crippen MR) is 118 cm³/mol. The number of rotatable bonds is 7. The molecular weight excluding hydrogens is 410 g/mol. The summed E-state index contributed by atoms with van der Waals surface area (Å²) in [5.41, 5.74) is 2.55. The number of carbonyl (C=O) groups is 1. The number of nitrogens with zero attached hydrogens (tertiary/aromatic N) is 2. The maximum atomic E-state index is 12.7. The summed E-state index contributed by atoms with van der Waals surface area (Å²) in [4.78, 5) is 15.0. The van der Waals surface area contributed by atoms with E-state index in [4.69, 9.17) is 11.6 Å². The quantitative estimate of drug-likeness (QED) is 0.723. The number of anilines is 2. The van der Waals surface area contributed by atoms with Gasteiger partial charge in [-0.1, -0.05) is 23.7 Å². The van der Waals surface area contributed by atoms with Crippen molar-refractivity contribution in [1.29, 1.82) is 0 Å². The monoisotopic (exact) mass is 435 g/mol. The number of amides is 1. The molecule has 1 aliphatic rings. The van der Waals surface area contributed by atoms with Crippen molar-refractivity contribution < 1.29 is 13.2 Å². The van der Waals surface area contributed by atoms with E-state index in [0.717, 1.165) is 29.2 Å². The molecule has 29 heavy (non-hydrogen) atoms. The van der Waals surface area contributed by atoms with Gasteiger partial charge in [0.1, 0.15) is 6.04 Å². The molecule has 1 amide bonds. The van der Waals surface area contributed by atoms with Crippen molar-refractivity contribution in [3.8, 4) is 0 Å². The smallest absolute Gasteiger partial charge is 0.243 e. The molecule has 1 heterocycles. The van der Waals surface area contributed by atoms with Crippen molar-refractivity contribution in [3.05, 3.63) is 59.1 Å². The van der Waals surface area contributed by atoms with Crippen LogP contribution in [0, 0.1) is 0 Å². The first-order chi connectivity index (χ1) is 13.8. The third kappa shape index (κ3) is 5.42. The highest BCUT2D eigenvalue weighted by atomic mass is 35.5. The SMILES string of the molecule is C[C@H](C(=O)NCc1ccc(N2CCCC2)cc1)N(c1ccc(Cl)cc1)S(C)(=O)=O. The van der Waals surface area contributed by atoms with Crippen LogP contribution in [0.3, 0.4) is 0 Å². The lowest BCUT2D eigenvalue weighted by Gasteiger charge is -2.28. The van der Waals surface area contributed by atoms with Crippen molar-refractivity contribution >= 4 is 38.9 Å². The van der Waals surface area contributed by atoms with E-state index in [1.165, 1.54) is 18.5 Å². The standard InChI is InChI=1S/C21H26ClN3O3S/c1-16(25(29(2,27)28)20-11-7-18(22)8-12-20)21(26)23-15-17-5-9-19(10-6-17)24-13-3-4-14-24/h5-12,16H,3-4,13-15H2,1-2H3,(H,23,26)/t16-/m1/s1. The Morgan fingerprint density at radius 1 is 1.10 bits per heavy atom. The first-order valence-electron chi connectivity index (χ1n) is 9.62. The lowest BCUT2D eigenvalue weighted by molar-refractivity contribution is -0.122. The summed E-state index contributed by atoms with van der Waals surface area (Å²) in [7, 11) is -3.65. The van der Waals surface area contributed by atoms with Gasteiger partial charge in [-0.2, -0.15) is 0 Å². The van der Waals surface area contributed by atoms with Crippen LogP contribution in [0.15, 0.2) is 48.5 Å². The van der Waals surface area contributed by atoms with Crippen molar-refractivity contribution in [2.24, 2.45) is 0 Å². The summed E-state index contributed by atoms with van der Waals surface area (Å²) >= 11 is 5.89. The second-order valence-electron chi connectivity index (χ2n) is 7.29. The molecule has 0 radical (unpaired) electrons. The number of carbonyl (C=O) groups excluding carboxylic acids is 1. The van der Waals surface area contributed by atoms with Gasteiger partial charge in [0.25, 0.3) is 0 Å². The van der Waals surface area contributed by atoms with E-state index in [-0.39, 0.29) is 5.91 Å². The number of hydrogen-bond acceptors (Lipinski definition) is 4. The van der Waals surface area contributed by atoms with Gasteiger partial charge in [0, 0.05) is 30.3 Å². The Bertz CT molecular complexity index is 940. The Morgan fingerprint density at radius 3 is 2.24 bits per heavy atom. The van der Waals surface area contributed by atoms with Crippen molar-refractivity contribution in [3.63, 3.8) is 0 Å². The van der Waals surface area contributed by atoms with E-state index >= 15 is 0 Å². The van der Waals surface area contributed by atoms with Gasteiger partial charge in [-0.15, -0.1) is 0 Å². The second-order valence-corrected chi connectivity index (χ2v) is 9.59. The number of hydrogen-bond donors (Lipinski definition) is 1. The molecule has 3 rings (SSSR count). The Kier molecular flexibility index (Phi) is 6.70. The lowest BCUT2D eigenvalue weighted by Crippen LogP contribution is -2.47. The molecular formula is C21H26ClN3O3S. The van der Waals surface area contributed by atoms with Gasteiger partial charge in [0.15, 0.2) is 0 Å². The van der Waals surface area contributed by atoms with Gasteiger partial charge in [-0.05, 0) is 61.7 Å². The van der Waals surface area contributed by atoms with Crippen LogP contribution in [0.4, 0.5) is 11.4 Å². The van der Waals surface area contributed by atoms with Crippen LogP contribution in [0.2, 0.25) is 5.02 Å². The average molecular weight is 436 g/mol. The van der Waals surface area contributed by atoms with E-state index in [1.807, 2.05) is 12.1 Å². The Balaban J connectivity index is 1.65. The zero-order valence-electron chi connectivity index (χ0n) is 16.6. The average Bonchev–Trinajstić information content (AvgIpc) is 3.22. The summed E-state index contributed by atoms with van der Waals surface area (Å²) < 4.78 is 25.7. The van der Waals surface area contributed by atoms with Crippen LogP contribution in [0.1, 0.15) is 25.3 Å². The van der Waals surface area contributed by atoms with Crippen LogP contribution in [0.5, 0.6) is 0 Å². The van der Waals surface area contributed by atoms with E-state index in [0.29, 0.717) is 17.3 Å². The zero-order chi connectivity index (χ0) is 21.0. The number of nitrogens with one attached hydrogen (secondary N) is 1. The molecule has 6 nitrogen and oxygen atoms in total. The van der Waals surface area contributed by atoms with Gasteiger partial charge in [-0.25, -0.2) is 8.42 Å². The minimum Gasteiger partial charge on any atom is -0.372 e. The summed E-state index contributed by atoms with van der Waals surface area (Å²) in [5.74, 6) is -0.367. The van der Waals surface area contributed by atoms with Crippen LogP contribution in [-0.2, 0) is 21.4 Å². The molecule has 2 aromatic rings. The summed E-state index contributed by atoms with van der Waals surface area (Å²) in [6.07, 6.45) is 3.53. The molecule has 0 aliphatic carbocycles. The molecule has 2 aromatic carbocycles. The van der Waals surface area contributed by atoms with Gasteiger partial charge in [-0.3, -0.25) is 9.10 Å². The third-order valence-electron chi connectivity index (χ3n) is 5.04. The highest BCUT2D eigenvalue weighted by Gasteiger charge is 2.28. The maximum absolute atomic E-state index is 12.7. The Labute approximate surface area is 177 Å². The number of benzene rings is 2. The fourth-order valence-electron chi connectivity index (χ4n) is 3.53. The molecule has 0 aromatic heterocycles. The molecule has 156 valence electrons. The van der Waals surface area contributed by atoms with E-state index < -0.39 is 16.1 Å². The molecule has 0 saturated carbocycles. The number of halogens is 1. The van der Waals surface area contributed by atoms with Gasteiger partial charge < -0.3 is 10.2 Å². The third-order valence-corrected chi connectivity index (χ3v) is 6.54. The minimum atomic E-state index is -3.65. The van der Waals surface area contributed by atoms with Gasteiger partial charge in [0.2, 0.25) is 15.9 Å². The van der Waals surface area contributed by atoms with Crippen LogP contribution in [-0.4, -0.2) is 39.7 Å². The van der Waals surface area contributed by atoms with Gasteiger partial charge in [0.05, 0.1) is 11.9 Å².